The summed E-state index contributed by atoms with van der Waals surface area (Å²) in [6, 6.07) is 12.8. The zero-order chi connectivity index (χ0) is 21.5. The first-order valence-corrected chi connectivity index (χ1v) is 10.3. The molecular formula is C22H22FN3O3S. The fourth-order valence-corrected chi connectivity index (χ4v) is 3.59. The molecule has 1 aromatic heterocycles. The van der Waals surface area contributed by atoms with Gasteiger partial charge in [-0.3, -0.25) is 9.59 Å². The van der Waals surface area contributed by atoms with Crippen LogP contribution in [0.5, 0.6) is 5.75 Å². The van der Waals surface area contributed by atoms with Crippen molar-refractivity contribution >= 4 is 23.2 Å². The van der Waals surface area contributed by atoms with Gasteiger partial charge in [0.1, 0.15) is 28.1 Å². The van der Waals surface area contributed by atoms with Gasteiger partial charge in [0.15, 0.2) is 0 Å². The van der Waals surface area contributed by atoms with Crippen LogP contribution < -0.4 is 15.4 Å². The van der Waals surface area contributed by atoms with Crippen LogP contribution in [0.3, 0.4) is 0 Å². The summed E-state index contributed by atoms with van der Waals surface area (Å²) >= 11 is 1.26. The molecule has 3 aromatic rings. The number of carbonyl (C=O) groups is 2. The number of thiazole rings is 1. The Balaban J connectivity index is 1.55. The predicted octanol–water partition coefficient (Wildman–Crippen LogP) is 3.85. The first kappa shape index (κ1) is 21.4. The van der Waals surface area contributed by atoms with Gasteiger partial charge < -0.3 is 15.4 Å². The minimum Gasteiger partial charge on any atom is -0.486 e. The summed E-state index contributed by atoms with van der Waals surface area (Å²) in [7, 11) is 0. The van der Waals surface area contributed by atoms with Gasteiger partial charge in [0, 0.05) is 18.7 Å². The second-order valence-electron chi connectivity index (χ2n) is 6.50. The standard InChI is InChI=1S/C22H22FN3O3S/c1-3-24-21(27)16-6-4-15(5-7-16)12-25-22(28)20-14(2)26-19(30-20)13-29-18-10-8-17(23)9-11-18/h4-11H,3,12-13H2,1-2H3,(H,24,27)(H,25,28). The summed E-state index contributed by atoms with van der Waals surface area (Å²) in [6.07, 6.45) is 0. The second kappa shape index (κ2) is 9.98. The maximum absolute atomic E-state index is 12.9. The molecule has 30 heavy (non-hydrogen) atoms. The highest BCUT2D eigenvalue weighted by molar-refractivity contribution is 7.13. The fourth-order valence-electron chi connectivity index (χ4n) is 2.70. The van der Waals surface area contributed by atoms with Crippen molar-refractivity contribution in [2.75, 3.05) is 6.54 Å². The zero-order valence-corrected chi connectivity index (χ0v) is 17.5. The third kappa shape index (κ3) is 5.64. The summed E-state index contributed by atoms with van der Waals surface area (Å²) in [5.41, 5.74) is 2.09. The Labute approximate surface area is 178 Å². The van der Waals surface area contributed by atoms with Gasteiger partial charge in [-0.05, 0) is 55.8 Å². The molecule has 0 saturated heterocycles. The van der Waals surface area contributed by atoms with E-state index in [-0.39, 0.29) is 24.2 Å². The van der Waals surface area contributed by atoms with E-state index in [0.717, 1.165) is 5.56 Å². The number of rotatable bonds is 8. The first-order chi connectivity index (χ1) is 14.5. The molecule has 2 N–H and O–H groups in total. The molecule has 0 bridgehead atoms. The summed E-state index contributed by atoms with van der Waals surface area (Å²) in [5, 5.41) is 6.28. The highest BCUT2D eigenvalue weighted by atomic mass is 32.1. The molecule has 156 valence electrons. The van der Waals surface area contributed by atoms with Crippen molar-refractivity contribution in [2.24, 2.45) is 0 Å². The van der Waals surface area contributed by atoms with Crippen LogP contribution in [0.4, 0.5) is 4.39 Å². The average Bonchev–Trinajstić information content (AvgIpc) is 3.13. The van der Waals surface area contributed by atoms with E-state index in [1.807, 2.05) is 19.1 Å². The van der Waals surface area contributed by atoms with Gasteiger partial charge in [-0.25, -0.2) is 9.37 Å². The molecule has 0 aliphatic carbocycles. The first-order valence-electron chi connectivity index (χ1n) is 9.46. The molecular weight excluding hydrogens is 405 g/mol. The van der Waals surface area contributed by atoms with Crippen molar-refractivity contribution in [3.05, 3.63) is 81.1 Å². The number of nitrogens with one attached hydrogen (secondary N) is 2. The minimum atomic E-state index is -0.328. The highest BCUT2D eigenvalue weighted by Crippen LogP contribution is 2.20. The van der Waals surface area contributed by atoms with E-state index in [4.69, 9.17) is 4.74 Å². The van der Waals surface area contributed by atoms with Crippen molar-refractivity contribution in [3.8, 4) is 5.75 Å². The number of hydrogen-bond acceptors (Lipinski definition) is 5. The molecule has 0 unspecified atom stereocenters. The molecule has 2 amide bonds. The van der Waals surface area contributed by atoms with Crippen LogP contribution in [0.2, 0.25) is 0 Å². The number of aryl methyl sites for hydroxylation is 1. The molecule has 0 radical (unpaired) electrons. The molecule has 0 aliphatic rings. The normalized spacial score (nSPS) is 10.5. The quantitative estimate of drug-likeness (QED) is 0.572. The molecule has 3 rings (SSSR count). The topological polar surface area (TPSA) is 80.3 Å². The molecule has 2 aromatic carbocycles. The largest absolute Gasteiger partial charge is 0.486 e. The van der Waals surface area contributed by atoms with Crippen LogP contribution in [0.15, 0.2) is 48.5 Å². The Kier molecular flexibility index (Phi) is 7.13. The Morgan fingerprint density at radius 2 is 1.73 bits per heavy atom. The Morgan fingerprint density at radius 1 is 1.03 bits per heavy atom. The van der Waals surface area contributed by atoms with E-state index < -0.39 is 0 Å². The number of amides is 2. The summed E-state index contributed by atoms with van der Waals surface area (Å²) in [4.78, 5) is 29.2. The number of hydrogen-bond donors (Lipinski definition) is 2. The average molecular weight is 428 g/mol. The third-order valence-electron chi connectivity index (χ3n) is 4.23. The minimum absolute atomic E-state index is 0.122. The Bertz CT molecular complexity index is 1020. The van der Waals surface area contributed by atoms with Crippen LogP contribution in [0, 0.1) is 12.7 Å². The highest BCUT2D eigenvalue weighted by Gasteiger charge is 2.15. The zero-order valence-electron chi connectivity index (χ0n) is 16.7. The smallest absolute Gasteiger partial charge is 0.263 e. The molecule has 0 fully saturated rings. The molecule has 6 nitrogen and oxygen atoms in total. The van der Waals surface area contributed by atoms with Crippen molar-refractivity contribution in [2.45, 2.75) is 27.0 Å². The lowest BCUT2D eigenvalue weighted by atomic mass is 10.1. The number of benzene rings is 2. The lowest BCUT2D eigenvalue weighted by molar-refractivity contribution is 0.0945. The molecule has 0 atom stereocenters. The summed E-state index contributed by atoms with van der Waals surface area (Å²) in [5.74, 6) is -0.133. The van der Waals surface area contributed by atoms with Gasteiger partial charge in [-0.2, -0.15) is 0 Å². The number of halogens is 1. The van der Waals surface area contributed by atoms with E-state index in [9.17, 15) is 14.0 Å². The monoisotopic (exact) mass is 427 g/mol. The van der Waals surface area contributed by atoms with Crippen LogP contribution in [0.1, 0.15) is 43.2 Å². The molecule has 0 aliphatic heterocycles. The van der Waals surface area contributed by atoms with Crippen molar-refractivity contribution in [1.82, 2.24) is 15.6 Å². The predicted molar refractivity (Wildman–Crippen MR) is 113 cm³/mol. The van der Waals surface area contributed by atoms with E-state index >= 15 is 0 Å². The lowest BCUT2D eigenvalue weighted by Crippen LogP contribution is -2.23. The number of carbonyl (C=O) groups excluding carboxylic acids is 2. The maximum Gasteiger partial charge on any atom is 0.263 e. The Hall–Kier alpha value is -3.26. The second-order valence-corrected chi connectivity index (χ2v) is 7.59. The van der Waals surface area contributed by atoms with E-state index in [2.05, 4.69) is 15.6 Å². The maximum atomic E-state index is 12.9. The number of nitrogens with zero attached hydrogens (tertiary/aromatic N) is 1. The summed E-state index contributed by atoms with van der Waals surface area (Å²) in [6.45, 7) is 4.75. The van der Waals surface area contributed by atoms with Crippen molar-refractivity contribution in [3.63, 3.8) is 0 Å². The number of aromatic nitrogens is 1. The van der Waals surface area contributed by atoms with E-state index in [1.54, 1.807) is 31.2 Å². The van der Waals surface area contributed by atoms with Crippen molar-refractivity contribution < 1.29 is 18.7 Å². The third-order valence-corrected chi connectivity index (χ3v) is 5.36. The van der Waals surface area contributed by atoms with Gasteiger partial charge in [-0.1, -0.05) is 12.1 Å². The van der Waals surface area contributed by atoms with Gasteiger partial charge in [0.2, 0.25) is 0 Å². The molecule has 8 heteroatoms. The van der Waals surface area contributed by atoms with Crippen molar-refractivity contribution in [1.29, 1.82) is 0 Å². The molecule has 0 saturated carbocycles. The number of ether oxygens (including phenoxy) is 1. The summed E-state index contributed by atoms with van der Waals surface area (Å²) < 4.78 is 18.5. The molecule has 1 heterocycles. The van der Waals surface area contributed by atoms with Gasteiger partial charge in [0.25, 0.3) is 11.8 Å². The van der Waals surface area contributed by atoms with Crippen LogP contribution in [-0.4, -0.2) is 23.3 Å². The van der Waals surface area contributed by atoms with Gasteiger partial charge >= 0.3 is 0 Å². The SMILES string of the molecule is CCNC(=O)c1ccc(CNC(=O)c2sc(COc3ccc(F)cc3)nc2C)cc1. The van der Waals surface area contributed by atoms with Crippen LogP contribution >= 0.6 is 11.3 Å². The fraction of sp³-hybridized carbons (Fsp3) is 0.227. The van der Waals surface area contributed by atoms with E-state index in [1.165, 1.54) is 23.5 Å². The molecule has 0 spiro atoms. The van der Waals surface area contributed by atoms with E-state index in [0.29, 0.717) is 40.0 Å². The lowest BCUT2D eigenvalue weighted by Gasteiger charge is -2.06. The van der Waals surface area contributed by atoms with Crippen LogP contribution in [-0.2, 0) is 13.2 Å². The van der Waals surface area contributed by atoms with Crippen LogP contribution in [0.25, 0.3) is 0 Å². The van der Waals surface area contributed by atoms with Gasteiger partial charge in [0.05, 0.1) is 5.69 Å². The van der Waals surface area contributed by atoms with Gasteiger partial charge in [-0.15, -0.1) is 11.3 Å². The Morgan fingerprint density at radius 3 is 2.40 bits per heavy atom.